The van der Waals surface area contributed by atoms with Crippen molar-refractivity contribution >= 4 is 35.1 Å². The molecule has 0 aromatic heterocycles. The van der Waals surface area contributed by atoms with Crippen LogP contribution in [0.3, 0.4) is 0 Å². The Morgan fingerprint density at radius 2 is 1.70 bits per heavy atom. The molecule has 1 saturated carbocycles. The van der Waals surface area contributed by atoms with E-state index < -0.39 is 5.97 Å². The fourth-order valence-electron chi connectivity index (χ4n) is 3.15. The number of rotatable bonds is 6. The number of amides is 1. The summed E-state index contributed by atoms with van der Waals surface area (Å²) in [5, 5.41) is 3.50. The second kappa shape index (κ2) is 9.38. The van der Waals surface area contributed by atoms with Gasteiger partial charge in [0, 0.05) is 11.1 Å². The third-order valence-electron chi connectivity index (χ3n) is 4.54. The van der Waals surface area contributed by atoms with E-state index in [1.165, 1.54) is 0 Å². The van der Waals surface area contributed by atoms with Crippen LogP contribution in [0.2, 0.25) is 5.02 Å². The van der Waals surface area contributed by atoms with E-state index in [0.29, 0.717) is 16.2 Å². The summed E-state index contributed by atoms with van der Waals surface area (Å²) in [7, 11) is 0. The highest BCUT2D eigenvalue weighted by molar-refractivity contribution is 6.30. The second-order valence-corrected chi connectivity index (χ2v) is 7.04. The molecule has 1 aliphatic carbocycles. The molecule has 0 aliphatic heterocycles. The monoisotopic (exact) mass is 383 g/mol. The second-order valence-electron chi connectivity index (χ2n) is 6.60. The van der Waals surface area contributed by atoms with Gasteiger partial charge in [-0.3, -0.25) is 4.79 Å². The zero-order chi connectivity index (χ0) is 19.1. The predicted octanol–water partition coefficient (Wildman–Crippen LogP) is 4.48. The molecule has 0 saturated heterocycles. The van der Waals surface area contributed by atoms with Crippen LogP contribution in [0, 0.1) is 0 Å². The first-order valence-corrected chi connectivity index (χ1v) is 9.49. The lowest BCUT2D eigenvalue weighted by Gasteiger charge is -2.13. The molecule has 1 fully saturated rings. The number of hydrogen-bond donors (Lipinski definition) is 1. The number of esters is 1. The Labute approximate surface area is 164 Å². The van der Waals surface area contributed by atoms with Crippen molar-refractivity contribution in [2.75, 3.05) is 6.61 Å². The predicted molar refractivity (Wildman–Crippen MR) is 107 cm³/mol. The highest BCUT2D eigenvalue weighted by Crippen LogP contribution is 2.22. The van der Waals surface area contributed by atoms with Gasteiger partial charge in [0.1, 0.15) is 0 Å². The number of carbonyl (C=O) groups excluding carboxylic acids is 2. The molecule has 140 valence electrons. The zero-order valence-electron chi connectivity index (χ0n) is 15.0. The number of benzene rings is 2. The third kappa shape index (κ3) is 5.69. The van der Waals surface area contributed by atoms with E-state index in [0.717, 1.165) is 31.2 Å². The van der Waals surface area contributed by atoms with Crippen molar-refractivity contribution in [1.82, 2.24) is 5.32 Å². The summed E-state index contributed by atoms with van der Waals surface area (Å²) in [5.74, 6) is -0.798. The Balaban J connectivity index is 1.71. The maximum Gasteiger partial charge on any atom is 0.339 e. The van der Waals surface area contributed by atoms with Crippen LogP contribution in [0.5, 0.6) is 0 Å². The minimum absolute atomic E-state index is 0.201. The maximum atomic E-state index is 12.7. The number of halogens is 1. The van der Waals surface area contributed by atoms with E-state index in [1.807, 2.05) is 30.3 Å². The van der Waals surface area contributed by atoms with Crippen molar-refractivity contribution < 1.29 is 14.3 Å². The third-order valence-corrected chi connectivity index (χ3v) is 4.79. The lowest BCUT2D eigenvalue weighted by Crippen LogP contribution is -2.36. The first-order valence-electron chi connectivity index (χ1n) is 9.11. The van der Waals surface area contributed by atoms with Gasteiger partial charge in [0.25, 0.3) is 5.91 Å². The normalized spacial score (nSPS) is 14.8. The summed E-state index contributed by atoms with van der Waals surface area (Å²) in [6.07, 6.45) is 5.99. The topological polar surface area (TPSA) is 55.4 Å². The Morgan fingerprint density at radius 3 is 2.37 bits per heavy atom. The minimum Gasteiger partial charge on any atom is -0.452 e. The van der Waals surface area contributed by atoms with Gasteiger partial charge in [-0.1, -0.05) is 66.9 Å². The van der Waals surface area contributed by atoms with Crippen LogP contribution in [-0.2, 0) is 14.3 Å². The summed E-state index contributed by atoms with van der Waals surface area (Å²) in [4.78, 5) is 24.7. The number of nitrogens with one attached hydrogen (secondary N) is 1. The fourth-order valence-corrected chi connectivity index (χ4v) is 3.28. The first kappa shape index (κ1) is 19.2. The summed E-state index contributed by atoms with van der Waals surface area (Å²) in [5.41, 5.74) is 1.94. The molecule has 5 heteroatoms. The smallest absolute Gasteiger partial charge is 0.339 e. The van der Waals surface area contributed by atoms with E-state index >= 15 is 0 Å². The molecule has 1 aliphatic rings. The van der Waals surface area contributed by atoms with Crippen LogP contribution in [0.4, 0.5) is 0 Å². The van der Waals surface area contributed by atoms with Gasteiger partial charge in [0.2, 0.25) is 0 Å². The van der Waals surface area contributed by atoms with Gasteiger partial charge in [-0.15, -0.1) is 0 Å². The molecular weight excluding hydrogens is 362 g/mol. The molecule has 1 amide bonds. The molecule has 1 N–H and O–H groups in total. The summed E-state index contributed by atoms with van der Waals surface area (Å²) in [6, 6.07) is 16.7. The quantitative estimate of drug-likeness (QED) is 0.454. The van der Waals surface area contributed by atoms with Crippen LogP contribution in [0.15, 0.2) is 54.6 Å². The molecule has 0 spiro atoms. The zero-order valence-corrected chi connectivity index (χ0v) is 15.7. The molecule has 4 nitrogen and oxygen atoms in total. The van der Waals surface area contributed by atoms with Crippen molar-refractivity contribution in [2.45, 2.75) is 31.7 Å². The SMILES string of the molecule is O=C(COC(=O)/C(=C/c1ccccc1)c1ccc(Cl)cc1)NC1CCCC1. The van der Waals surface area contributed by atoms with E-state index in [4.69, 9.17) is 16.3 Å². The van der Waals surface area contributed by atoms with E-state index in [-0.39, 0.29) is 18.6 Å². The summed E-state index contributed by atoms with van der Waals surface area (Å²) < 4.78 is 5.28. The molecule has 0 radical (unpaired) electrons. The minimum atomic E-state index is -0.539. The number of carbonyl (C=O) groups is 2. The average molecular weight is 384 g/mol. The molecular formula is C22H22ClNO3. The van der Waals surface area contributed by atoms with Gasteiger partial charge in [0.05, 0.1) is 5.57 Å². The van der Waals surface area contributed by atoms with Crippen LogP contribution >= 0.6 is 11.6 Å². The molecule has 2 aromatic carbocycles. The van der Waals surface area contributed by atoms with Crippen LogP contribution in [-0.4, -0.2) is 24.5 Å². The Bertz CT molecular complexity index is 809. The first-order chi connectivity index (χ1) is 13.1. The lowest BCUT2D eigenvalue weighted by molar-refractivity contribution is -0.143. The number of hydrogen-bond acceptors (Lipinski definition) is 3. The van der Waals surface area contributed by atoms with Gasteiger partial charge in [-0.05, 0) is 42.2 Å². The van der Waals surface area contributed by atoms with Gasteiger partial charge < -0.3 is 10.1 Å². The number of ether oxygens (including phenoxy) is 1. The van der Waals surface area contributed by atoms with E-state index in [1.54, 1.807) is 30.3 Å². The van der Waals surface area contributed by atoms with E-state index in [9.17, 15) is 9.59 Å². The Kier molecular flexibility index (Phi) is 6.66. The van der Waals surface area contributed by atoms with E-state index in [2.05, 4.69) is 5.32 Å². The fraction of sp³-hybridized carbons (Fsp3) is 0.273. The largest absolute Gasteiger partial charge is 0.452 e. The van der Waals surface area contributed by atoms with Crippen molar-refractivity contribution in [1.29, 1.82) is 0 Å². The average Bonchev–Trinajstić information content (AvgIpc) is 3.19. The van der Waals surface area contributed by atoms with Crippen LogP contribution < -0.4 is 5.32 Å². The molecule has 3 rings (SSSR count). The van der Waals surface area contributed by atoms with Crippen molar-refractivity contribution in [2.24, 2.45) is 0 Å². The molecule has 27 heavy (non-hydrogen) atoms. The molecule has 0 unspecified atom stereocenters. The van der Waals surface area contributed by atoms with Crippen LogP contribution in [0.25, 0.3) is 11.6 Å². The van der Waals surface area contributed by atoms with Gasteiger partial charge in [-0.25, -0.2) is 4.79 Å². The highest BCUT2D eigenvalue weighted by atomic mass is 35.5. The highest BCUT2D eigenvalue weighted by Gasteiger charge is 2.19. The lowest BCUT2D eigenvalue weighted by atomic mass is 10.0. The van der Waals surface area contributed by atoms with Crippen molar-refractivity contribution in [3.05, 3.63) is 70.7 Å². The van der Waals surface area contributed by atoms with Crippen LogP contribution in [0.1, 0.15) is 36.8 Å². The van der Waals surface area contributed by atoms with Crippen molar-refractivity contribution in [3.63, 3.8) is 0 Å². The molecule has 0 bridgehead atoms. The van der Waals surface area contributed by atoms with Gasteiger partial charge >= 0.3 is 5.97 Å². The van der Waals surface area contributed by atoms with Gasteiger partial charge in [-0.2, -0.15) is 0 Å². The van der Waals surface area contributed by atoms with Crippen molar-refractivity contribution in [3.8, 4) is 0 Å². The summed E-state index contributed by atoms with van der Waals surface area (Å²) in [6.45, 7) is -0.283. The summed E-state index contributed by atoms with van der Waals surface area (Å²) >= 11 is 5.95. The molecule has 0 heterocycles. The van der Waals surface area contributed by atoms with Gasteiger partial charge in [0.15, 0.2) is 6.61 Å². The Morgan fingerprint density at radius 1 is 1.04 bits per heavy atom. The Hall–Kier alpha value is -2.59. The maximum absolute atomic E-state index is 12.7. The molecule has 2 aromatic rings. The standard InChI is InChI=1S/C22H22ClNO3/c23-18-12-10-17(11-13-18)20(14-16-6-2-1-3-7-16)22(26)27-15-21(25)24-19-8-4-5-9-19/h1-3,6-7,10-14,19H,4-5,8-9,15H2,(H,24,25)/b20-14+. The molecule has 0 atom stereocenters.